The standard InChI is InChI=1S/C14H19NS/c1-3-8-14(2,15)9-11-10-16-13-7-5-4-6-12(11)13/h4-7,10H,3,8-9,15H2,1-2H3. The number of hydrogen-bond acceptors (Lipinski definition) is 2. The molecule has 0 saturated carbocycles. The summed E-state index contributed by atoms with van der Waals surface area (Å²) < 4.78 is 1.37. The van der Waals surface area contributed by atoms with E-state index < -0.39 is 0 Å². The van der Waals surface area contributed by atoms with Gasteiger partial charge in [-0.05, 0) is 42.2 Å². The normalized spacial score (nSPS) is 15.2. The largest absolute Gasteiger partial charge is 0.325 e. The number of rotatable bonds is 4. The van der Waals surface area contributed by atoms with Crippen LogP contribution in [0.5, 0.6) is 0 Å². The van der Waals surface area contributed by atoms with Crippen LogP contribution < -0.4 is 5.73 Å². The number of thiophene rings is 1. The molecule has 0 bridgehead atoms. The van der Waals surface area contributed by atoms with Gasteiger partial charge in [-0.15, -0.1) is 11.3 Å². The minimum absolute atomic E-state index is 0.0708. The Morgan fingerprint density at radius 1 is 1.31 bits per heavy atom. The summed E-state index contributed by atoms with van der Waals surface area (Å²) in [6, 6.07) is 8.57. The van der Waals surface area contributed by atoms with Crippen molar-refractivity contribution in [2.24, 2.45) is 5.73 Å². The first-order valence-electron chi connectivity index (χ1n) is 5.86. The van der Waals surface area contributed by atoms with Crippen molar-refractivity contribution in [1.29, 1.82) is 0 Å². The third kappa shape index (κ3) is 2.45. The van der Waals surface area contributed by atoms with E-state index in [-0.39, 0.29) is 5.54 Å². The van der Waals surface area contributed by atoms with Gasteiger partial charge in [0, 0.05) is 10.2 Å². The summed E-state index contributed by atoms with van der Waals surface area (Å²) in [5.74, 6) is 0. The zero-order valence-corrected chi connectivity index (χ0v) is 10.8. The Kier molecular flexibility index (Phi) is 3.31. The molecule has 1 atom stereocenters. The van der Waals surface area contributed by atoms with E-state index in [0.717, 1.165) is 19.3 Å². The van der Waals surface area contributed by atoms with Crippen LogP contribution in [0.15, 0.2) is 29.6 Å². The fraction of sp³-hybridized carbons (Fsp3) is 0.429. The van der Waals surface area contributed by atoms with E-state index in [1.54, 1.807) is 0 Å². The molecule has 0 saturated heterocycles. The van der Waals surface area contributed by atoms with Crippen molar-refractivity contribution in [1.82, 2.24) is 0 Å². The Balaban J connectivity index is 2.27. The molecule has 0 fully saturated rings. The molecule has 16 heavy (non-hydrogen) atoms. The van der Waals surface area contributed by atoms with Crippen LogP contribution in [0.2, 0.25) is 0 Å². The molecule has 0 aliphatic rings. The molecular weight excluding hydrogens is 214 g/mol. The van der Waals surface area contributed by atoms with E-state index in [2.05, 4.69) is 43.5 Å². The maximum atomic E-state index is 6.31. The van der Waals surface area contributed by atoms with Crippen LogP contribution in [0.25, 0.3) is 10.1 Å². The zero-order valence-electron chi connectivity index (χ0n) is 9.99. The van der Waals surface area contributed by atoms with Gasteiger partial charge in [-0.25, -0.2) is 0 Å². The first kappa shape index (κ1) is 11.6. The molecule has 0 amide bonds. The van der Waals surface area contributed by atoms with E-state index in [1.165, 1.54) is 15.6 Å². The van der Waals surface area contributed by atoms with Crippen LogP contribution in [-0.4, -0.2) is 5.54 Å². The number of benzene rings is 1. The SMILES string of the molecule is CCCC(C)(N)Cc1csc2ccccc12. The molecule has 1 unspecified atom stereocenters. The maximum absolute atomic E-state index is 6.31. The fourth-order valence-corrected chi connectivity index (χ4v) is 3.23. The Morgan fingerprint density at radius 2 is 2.06 bits per heavy atom. The van der Waals surface area contributed by atoms with Crippen molar-refractivity contribution in [3.63, 3.8) is 0 Å². The molecule has 0 aliphatic carbocycles. The van der Waals surface area contributed by atoms with Gasteiger partial charge in [0.25, 0.3) is 0 Å². The lowest BCUT2D eigenvalue weighted by Crippen LogP contribution is -2.38. The molecule has 2 rings (SSSR count). The second-order valence-corrected chi connectivity index (χ2v) is 5.75. The van der Waals surface area contributed by atoms with Crippen molar-refractivity contribution in [2.75, 3.05) is 0 Å². The topological polar surface area (TPSA) is 26.0 Å². The van der Waals surface area contributed by atoms with Gasteiger partial charge in [0.2, 0.25) is 0 Å². The van der Waals surface area contributed by atoms with E-state index in [4.69, 9.17) is 5.73 Å². The van der Waals surface area contributed by atoms with Gasteiger partial charge in [0.1, 0.15) is 0 Å². The van der Waals surface area contributed by atoms with Crippen LogP contribution in [0, 0.1) is 0 Å². The minimum atomic E-state index is -0.0708. The highest BCUT2D eigenvalue weighted by Gasteiger charge is 2.19. The molecule has 1 nitrogen and oxygen atoms in total. The maximum Gasteiger partial charge on any atom is 0.0345 e. The molecule has 2 heteroatoms. The average molecular weight is 233 g/mol. The van der Waals surface area contributed by atoms with E-state index in [0.29, 0.717) is 0 Å². The number of hydrogen-bond donors (Lipinski definition) is 1. The number of fused-ring (bicyclic) bond motifs is 1. The van der Waals surface area contributed by atoms with Crippen molar-refractivity contribution < 1.29 is 0 Å². The predicted molar refractivity (Wildman–Crippen MR) is 73.0 cm³/mol. The molecule has 1 aromatic heterocycles. The molecule has 0 radical (unpaired) electrons. The first-order chi connectivity index (χ1) is 7.62. The summed E-state index contributed by atoms with van der Waals surface area (Å²) in [5, 5.41) is 3.63. The van der Waals surface area contributed by atoms with Gasteiger partial charge in [-0.2, -0.15) is 0 Å². The van der Waals surface area contributed by atoms with Crippen molar-refractivity contribution in [3.05, 3.63) is 35.2 Å². The third-order valence-corrected chi connectivity index (χ3v) is 3.99. The average Bonchev–Trinajstić information content (AvgIpc) is 2.61. The van der Waals surface area contributed by atoms with Crippen LogP contribution in [-0.2, 0) is 6.42 Å². The minimum Gasteiger partial charge on any atom is -0.325 e. The van der Waals surface area contributed by atoms with E-state index in [9.17, 15) is 0 Å². The molecule has 1 heterocycles. The van der Waals surface area contributed by atoms with Crippen molar-refractivity contribution in [3.8, 4) is 0 Å². The van der Waals surface area contributed by atoms with E-state index >= 15 is 0 Å². The van der Waals surface area contributed by atoms with Gasteiger partial charge in [0.05, 0.1) is 0 Å². The second kappa shape index (κ2) is 4.56. The second-order valence-electron chi connectivity index (χ2n) is 4.84. The summed E-state index contributed by atoms with van der Waals surface area (Å²) in [6.07, 6.45) is 3.21. The summed E-state index contributed by atoms with van der Waals surface area (Å²) in [5.41, 5.74) is 7.65. The van der Waals surface area contributed by atoms with Gasteiger partial charge >= 0.3 is 0 Å². The van der Waals surface area contributed by atoms with Crippen LogP contribution in [0.4, 0.5) is 0 Å². The highest BCUT2D eigenvalue weighted by Crippen LogP contribution is 2.28. The van der Waals surface area contributed by atoms with Gasteiger partial charge < -0.3 is 5.73 Å². The summed E-state index contributed by atoms with van der Waals surface area (Å²) >= 11 is 1.82. The lowest BCUT2D eigenvalue weighted by atomic mass is 9.89. The van der Waals surface area contributed by atoms with Crippen molar-refractivity contribution >= 4 is 21.4 Å². The summed E-state index contributed by atoms with van der Waals surface area (Å²) in [6.45, 7) is 4.35. The quantitative estimate of drug-likeness (QED) is 0.850. The molecule has 1 aromatic carbocycles. The fourth-order valence-electron chi connectivity index (χ4n) is 2.26. The molecular formula is C14H19NS. The van der Waals surface area contributed by atoms with Crippen molar-refractivity contribution in [2.45, 2.75) is 38.6 Å². The van der Waals surface area contributed by atoms with Gasteiger partial charge in [-0.3, -0.25) is 0 Å². The molecule has 2 N–H and O–H groups in total. The van der Waals surface area contributed by atoms with Crippen LogP contribution in [0.3, 0.4) is 0 Å². The number of nitrogens with two attached hydrogens (primary N) is 1. The Labute approximate surface area is 101 Å². The summed E-state index contributed by atoms with van der Waals surface area (Å²) in [4.78, 5) is 0. The van der Waals surface area contributed by atoms with Crippen LogP contribution >= 0.6 is 11.3 Å². The third-order valence-electron chi connectivity index (χ3n) is 2.98. The lowest BCUT2D eigenvalue weighted by molar-refractivity contribution is 0.426. The highest BCUT2D eigenvalue weighted by molar-refractivity contribution is 7.17. The predicted octanol–water partition coefficient (Wildman–Crippen LogP) is 3.96. The van der Waals surface area contributed by atoms with Gasteiger partial charge in [0.15, 0.2) is 0 Å². The molecule has 2 aromatic rings. The highest BCUT2D eigenvalue weighted by atomic mass is 32.1. The van der Waals surface area contributed by atoms with Crippen LogP contribution in [0.1, 0.15) is 32.3 Å². The van der Waals surface area contributed by atoms with E-state index in [1.807, 2.05) is 11.3 Å². The molecule has 0 aliphatic heterocycles. The lowest BCUT2D eigenvalue weighted by Gasteiger charge is -2.23. The zero-order chi connectivity index (χ0) is 11.6. The monoisotopic (exact) mass is 233 g/mol. The first-order valence-corrected chi connectivity index (χ1v) is 6.74. The molecule has 0 spiro atoms. The molecule has 86 valence electrons. The Bertz CT molecular complexity index is 470. The Hall–Kier alpha value is -0.860. The summed E-state index contributed by atoms with van der Waals surface area (Å²) in [7, 11) is 0. The smallest absolute Gasteiger partial charge is 0.0345 e. The Morgan fingerprint density at radius 3 is 2.81 bits per heavy atom. The van der Waals surface area contributed by atoms with Gasteiger partial charge in [-0.1, -0.05) is 31.5 Å².